The van der Waals surface area contributed by atoms with Gasteiger partial charge in [0.2, 0.25) is 0 Å². The van der Waals surface area contributed by atoms with Crippen LogP contribution in [0.25, 0.3) is 0 Å². The molecule has 0 aliphatic rings. The number of aliphatic carboxylic acids is 1. The molecule has 62 valence electrons. The van der Waals surface area contributed by atoms with Crippen LogP contribution < -0.4 is 0 Å². The summed E-state index contributed by atoms with van der Waals surface area (Å²) in [6.07, 6.45) is 0. The lowest BCUT2D eigenvalue weighted by Gasteiger charge is -1.93. The van der Waals surface area contributed by atoms with Crippen molar-refractivity contribution in [1.29, 1.82) is 0 Å². The monoisotopic (exact) mass is 164 g/mol. The lowest BCUT2D eigenvalue weighted by Crippen LogP contribution is -2.00. The Balaban J connectivity index is 0. The van der Waals surface area contributed by atoms with Crippen molar-refractivity contribution in [3.05, 3.63) is 0 Å². The van der Waals surface area contributed by atoms with Crippen LogP contribution in [0.4, 0.5) is 0 Å². The second-order valence-electron chi connectivity index (χ2n) is 2.43. The fourth-order valence-corrected chi connectivity index (χ4v) is 0.775. The molecule has 0 unspecified atom stereocenters. The van der Waals surface area contributed by atoms with E-state index in [4.69, 9.17) is 15.0 Å². The molecule has 0 aromatic rings. The molecule has 0 fully saturated rings. The van der Waals surface area contributed by atoms with Gasteiger partial charge >= 0.3 is 0 Å². The number of carboxylic acids is 1. The highest BCUT2D eigenvalue weighted by atomic mass is 28.3. The van der Waals surface area contributed by atoms with E-state index in [-0.39, 0.29) is 0 Å². The van der Waals surface area contributed by atoms with E-state index in [1.807, 2.05) is 0 Å². The molecule has 0 saturated heterocycles. The lowest BCUT2D eigenvalue weighted by molar-refractivity contribution is -0.134. The average molecular weight is 164 g/mol. The number of carbonyl (C=O) groups is 1. The second kappa shape index (κ2) is 8.65. The Hall–Kier alpha value is -0.353. The zero-order chi connectivity index (χ0) is 8.57. The zero-order valence-corrected chi connectivity index (χ0v) is 7.95. The Bertz CT molecular complexity index is 79.1. The third-order valence-electron chi connectivity index (χ3n) is 0.706. The maximum Gasteiger partial charge on any atom is 0.300 e. The van der Waals surface area contributed by atoms with E-state index in [0.717, 1.165) is 13.0 Å². The van der Waals surface area contributed by atoms with Crippen molar-refractivity contribution in [3.8, 4) is 0 Å². The Labute approximate surface area is 63.3 Å². The van der Waals surface area contributed by atoms with Gasteiger partial charge in [0, 0.05) is 22.3 Å². The molecule has 0 radical (unpaired) electrons. The minimum absolute atomic E-state index is 0.393. The minimum atomic E-state index is -0.833. The number of carboxylic acid groups (broad SMARTS) is 1. The molecule has 0 aliphatic carbocycles. The molecule has 3 nitrogen and oxygen atoms in total. The molecule has 0 aliphatic heterocycles. The van der Waals surface area contributed by atoms with Crippen molar-refractivity contribution in [3.63, 3.8) is 0 Å². The molecule has 10 heavy (non-hydrogen) atoms. The van der Waals surface area contributed by atoms with Gasteiger partial charge in [-0.15, -0.1) is 0 Å². The molecule has 0 atom stereocenters. The molecule has 0 spiro atoms. The molecule has 0 amide bonds. The molecule has 0 heterocycles. The quantitative estimate of drug-likeness (QED) is 0.586. The smallest absolute Gasteiger partial charge is 0.300 e. The highest BCUT2D eigenvalue weighted by molar-refractivity contribution is 6.55. The van der Waals surface area contributed by atoms with Crippen LogP contribution in [0.1, 0.15) is 6.92 Å². The molecule has 0 saturated carbocycles. The van der Waals surface area contributed by atoms with Crippen molar-refractivity contribution in [1.82, 2.24) is 0 Å². The summed E-state index contributed by atoms with van der Waals surface area (Å²) in [5.41, 5.74) is 0. The molecule has 0 aromatic heterocycles. The summed E-state index contributed by atoms with van der Waals surface area (Å²) < 4.78 is 0. The van der Waals surface area contributed by atoms with Gasteiger partial charge in [-0.05, 0) is 6.04 Å². The SMILES string of the molecule is CC(=O)O.C[SiH](C)CCO. The molecule has 0 bridgehead atoms. The summed E-state index contributed by atoms with van der Waals surface area (Å²) >= 11 is 0. The van der Waals surface area contributed by atoms with Crippen LogP contribution in [0.2, 0.25) is 19.1 Å². The van der Waals surface area contributed by atoms with Crippen molar-refractivity contribution in [2.45, 2.75) is 26.1 Å². The minimum Gasteiger partial charge on any atom is -0.481 e. The normalized spacial score (nSPS) is 8.50. The second-order valence-corrected chi connectivity index (χ2v) is 5.79. The zero-order valence-electron chi connectivity index (χ0n) is 6.79. The highest BCUT2D eigenvalue weighted by Gasteiger charge is 1.89. The van der Waals surface area contributed by atoms with Crippen molar-refractivity contribution in [2.24, 2.45) is 0 Å². The van der Waals surface area contributed by atoms with Crippen LogP contribution in [0.15, 0.2) is 0 Å². The number of hydrogen-bond donors (Lipinski definition) is 2. The fraction of sp³-hybridized carbons (Fsp3) is 0.833. The van der Waals surface area contributed by atoms with Crippen molar-refractivity contribution >= 4 is 14.8 Å². The van der Waals surface area contributed by atoms with Gasteiger partial charge in [0.15, 0.2) is 0 Å². The standard InChI is InChI=1S/C4H12OSi.C2H4O2/c1-6(2)4-3-5;1-2(3)4/h5-6H,3-4H2,1-2H3;1H3,(H,3,4). The van der Waals surface area contributed by atoms with E-state index in [0.29, 0.717) is 6.61 Å². The topological polar surface area (TPSA) is 57.5 Å². The number of aliphatic hydroxyl groups is 1. The van der Waals surface area contributed by atoms with Crippen LogP contribution in [-0.2, 0) is 4.79 Å². The highest BCUT2D eigenvalue weighted by Crippen LogP contribution is 1.85. The Morgan fingerprint density at radius 3 is 1.80 bits per heavy atom. The molecule has 4 heteroatoms. The lowest BCUT2D eigenvalue weighted by atomic mass is 10.9. The molecule has 0 rings (SSSR count). The van der Waals surface area contributed by atoms with Gasteiger partial charge < -0.3 is 10.2 Å². The summed E-state index contributed by atoms with van der Waals surface area (Å²) in [7, 11) is -0.421. The third kappa shape index (κ3) is 48.2. The molecule has 0 aromatic carbocycles. The van der Waals surface area contributed by atoms with E-state index in [1.54, 1.807) is 0 Å². The van der Waals surface area contributed by atoms with E-state index in [9.17, 15) is 0 Å². The first-order valence-corrected chi connectivity index (χ1v) is 6.43. The third-order valence-corrected chi connectivity index (χ3v) is 2.12. The predicted molar refractivity (Wildman–Crippen MR) is 44.1 cm³/mol. The van der Waals surface area contributed by atoms with Gasteiger partial charge in [0.05, 0.1) is 0 Å². The van der Waals surface area contributed by atoms with Crippen LogP contribution >= 0.6 is 0 Å². The molecular weight excluding hydrogens is 148 g/mol. The van der Waals surface area contributed by atoms with Crippen molar-refractivity contribution in [2.75, 3.05) is 6.61 Å². The van der Waals surface area contributed by atoms with Crippen LogP contribution in [0, 0.1) is 0 Å². The summed E-state index contributed by atoms with van der Waals surface area (Å²) in [5, 5.41) is 15.7. The predicted octanol–water partition coefficient (Wildman–Crippen LogP) is 0.556. The maximum atomic E-state index is 9.00. The Kier molecular flexibility index (Phi) is 10.7. The van der Waals surface area contributed by atoms with E-state index in [1.165, 1.54) is 0 Å². The van der Waals surface area contributed by atoms with Crippen LogP contribution in [0.3, 0.4) is 0 Å². The largest absolute Gasteiger partial charge is 0.481 e. The van der Waals surface area contributed by atoms with Crippen LogP contribution in [0.5, 0.6) is 0 Å². The first-order chi connectivity index (χ1) is 4.50. The number of rotatable bonds is 2. The van der Waals surface area contributed by atoms with Gasteiger partial charge in [-0.2, -0.15) is 0 Å². The van der Waals surface area contributed by atoms with E-state index < -0.39 is 14.8 Å². The Morgan fingerprint density at radius 2 is 1.80 bits per heavy atom. The number of hydrogen-bond acceptors (Lipinski definition) is 2. The van der Waals surface area contributed by atoms with Gasteiger partial charge in [-0.25, -0.2) is 0 Å². The summed E-state index contributed by atoms with van der Waals surface area (Å²) in [4.78, 5) is 9.00. The first kappa shape index (κ1) is 12.3. The maximum absolute atomic E-state index is 9.00. The fourth-order valence-electron chi connectivity index (χ4n) is 0.258. The average Bonchev–Trinajstić information content (AvgIpc) is 1.62. The van der Waals surface area contributed by atoms with Gasteiger partial charge in [0.1, 0.15) is 0 Å². The van der Waals surface area contributed by atoms with Crippen LogP contribution in [-0.4, -0.2) is 31.6 Å². The summed E-state index contributed by atoms with van der Waals surface area (Å²) in [6, 6.07) is 1.07. The Morgan fingerprint density at radius 1 is 1.50 bits per heavy atom. The molecular formula is C6H16O3Si. The van der Waals surface area contributed by atoms with Crippen molar-refractivity contribution < 1.29 is 15.0 Å². The van der Waals surface area contributed by atoms with E-state index in [2.05, 4.69) is 13.1 Å². The van der Waals surface area contributed by atoms with E-state index >= 15 is 0 Å². The molecule has 2 N–H and O–H groups in total. The van der Waals surface area contributed by atoms with Gasteiger partial charge in [-0.3, -0.25) is 4.79 Å². The summed E-state index contributed by atoms with van der Waals surface area (Å²) in [5.74, 6) is -0.833. The van der Waals surface area contributed by atoms with Gasteiger partial charge in [0.25, 0.3) is 5.97 Å². The first-order valence-electron chi connectivity index (χ1n) is 3.31. The number of aliphatic hydroxyl groups excluding tert-OH is 1. The van der Waals surface area contributed by atoms with Gasteiger partial charge in [-0.1, -0.05) is 13.1 Å². The summed E-state index contributed by atoms with van der Waals surface area (Å²) in [6.45, 7) is 5.94.